The minimum Gasteiger partial charge on any atom is -0.350 e. The first-order valence-electron chi connectivity index (χ1n) is 9.88. The number of hydrazine groups is 1. The van der Waals surface area contributed by atoms with E-state index in [-0.39, 0.29) is 18.9 Å². The van der Waals surface area contributed by atoms with Crippen molar-refractivity contribution in [2.24, 2.45) is 23.0 Å². The summed E-state index contributed by atoms with van der Waals surface area (Å²) in [6, 6.07) is 7.50. The third kappa shape index (κ3) is 3.09. The highest BCUT2D eigenvalue weighted by Gasteiger charge is 2.45. The number of guanidine groups is 1. The molecule has 156 valence electrons. The van der Waals surface area contributed by atoms with Crippen LogP contribution in [-0.2, 0) is 7.05 Å². The van der Waals surface area contributed by atoms with Gasteiger partial charge in [0, 0.05) is 54.4 Å². The van der Waals surface area contributed by atoms with Crippen molar-refractivity contribution < 1.29 is 13.6 Å². The molecule has 4 heterocycles. The van der Waals surface area contributed by atoms with Gasteiger partial charge in [0.25, 0.3) is 11.8 Å². The van der Waals surface area contributed by atoms with Gasteiger partial charge in [0.15, 0.2) is 0 Å². The maximum atomic E-state index is 14.8. The van der Waals surface area contributed by atoms with Crippen LogP contribution in [0.4, 0.5) is 8.78 Å². The number of allylic oxidation sites excluding steroid dienone is 1. The molecule has 0 spiro atoms. The zero-order valence-electron chi connectivity index (χ0n) is 16.8. The van der Waals surface area contributed by atoms with Crippen molar-refractivity contribution in [1.82, 2.24) is 19.9 Å². The molecule has 3 aliphatic rings. The Morgan fingerprint density at radius 1 is 1.30 bits per heavy atom. The van der Waals surface area contributed by atoms with Gasteiger partial charge in [0.1, 0.15) is 6.67 Å². The number of fused-ring (bicyclic) bond motifs is 2. The number of rotatable bonds is 2. The predicted molar refractivity (Wildman–Crippen MR) is 110 cm³/mol. The van der Waals surface area contributed by atoms with E-state index in [0.29, 0.717) is 29.6 Å². The highest BCUT2D eigenvalue weighted by molar-refractivity contribution is 6.07. The smallest absolute Gasteiger partial charge is 0.266 e. The van der Waals surface area contributed by atoms with Crippen LogP contribution in [0.2, 0.25) is 0 Å². The van der Waals surface area contributed by atoms with Gasteiger partial charge in [-0.25, -0.2) is 29.2 Å². The Kier molecular flexibility index (Phi) is 4.25. The van der Waals surface area contributed by atoms with Crippen molar-refractivity contribution in [3.8, 4) is 0 Å². The highest BCUT2D eigenvalue weighted by atomic mass is 19.3. The van der Waals surface area contributed by atoms with Crippen LogP contribution in [0.1, 0.15) is 23.7 Å². The maximum absolute atomic E-state index is 14.8. The summed E-state index contributed by atoms with van der Waals surface area (Å²) in [7, 11) is 1.85. The average Bonchev–Trinajstić information content (AvgIpc) is 3.30. The van der Waals surface area contributed by atoms with Gasteiger partial charge in [-0.3, -0.25) is 4.79 Å². The number of benzene rings is 1. The third-order valence-corrected chi connectivity index (χ3v) is 5.78. The second kappa shape index (κ2) is 6.73. The Balaban J connectivity index is 1.48. The zero-order chi connectivity index (χ0) is 21.0. The highest BCUT2D eigenvalue weighted by Crippen LogP contribution is 2.37. The molecule has 1 fully saturated rings. The Labute approximate surface area is 172 Å². The molecule has 30 heavy (non-hydrogen) atoms. The molecule has 1 unspecified atom stereocenters. The van der Waals surface area contributed by atoms with E-state index in [0.717, 1.165) is 10.9 Å². The number of para-hydroxylation sites is 1. The van der Waals surface area contributed by atoms with Gasteiger partial charge in [-0.15, -0.1) is 0 Å². The molecule has 1 saturated heterocycles. The fraction of sp³-hybridized carbons (Fsp3) is 0.381. The normalized spacial score (nSPS) is 23.2. The first kappa shape index (κ1) is 18.9. The number of piperidine rings is 1. The molecule has 0 aliphatic carbocycles. The van der Waals surface area contributed by atoms with Crippen LogP contribution < -0.4 is 5.43 Å². The molecular formula is C21H22F2N6O. The lowest BCUT2D eigenvalue weighted by atomic mass is 9.90. The van der Waals surface area contributed by atoms with E-state index in [9.17, 15) is 13.6 Å². The van der Waals surface area contributed by atoms with Crippen LogP contribution >= 0.6 is 0 Å². The Bertz CT molecular complexity index is 1130. The molecule has 1 atom stereocenters. The summed E-state index contributed by atoms with van der Waals surface area (Å²) in [5.74, 6) is -3.41. The molecule has 2 aromatic rings. The molecule has 1 aromatic heterocycles. The molecule has 9 heteroatoms. The number of amides is 1. The molecule has 0 bridgehead atoms. The van der Waals surface area contributed by atoms with Crippen LogP contribution in [0.15, 0.2) is 52.2 Å². The molecule has 0 saturated carbocycles. The fourth-order valence-corrected chi connectivity index (χ4v) is 4.51. The molecular weight excluding hydrogens is 390 g/mol. The number of nitrogens with zero attached hydrogens (tertiary/aromatic N) is 5. The lowest BCUT2D eigenvalue weighted by molar-refractivity contribution is -0.0724. The summed E-state index contributed by atoms with van der Waals surface area (Å²) >= 11 is 0. The second-order valence-electron chi connectivity index (χ2n) is 8.05. The number of likely N-dealkylation sites (tertiary alicyclic amines) is 1. The van der Waals surface area contributed by atoms with Gasteiger partial charge in [0.05, 0.1) is 12.1 Å². The van der Waals surface area contributed by atoms with Crippen LogP contribution in [0.25, 0.3) is 10.9 Å². The number of hydrogen-bond donors (Lipinski definition) is 1. The molecule has 3 aliphatic heterocycles. The minimum absolute atomic E-state index is 0.211. The van der Waals surface area contributed by atoms with Gasteiger partial charge < -0.3 is 9.47 Å². The summed E-state index contributed by atoms with van der Waals surface area (Å²) in [6.07, 6.45) is 3.19. The zero-order valence-corrected chi connectivity index (χ0v) is 16.8. The number of nitrogens with one attached hydrogen (secondary N) is 1. The van der Waals surface area contributed by atoms with Gasteiger partial charge >= 0.3 is 0 Å². The number of aryl methyl sites for hydroxylation is 1. The van der Waals surface area contributed by atoms with Gasteiger partial charge in [-0.05, 0) is 19.1 Å². The van der Waals surface area contributed by atoms with Crippen molar-refractivity contribution in [1.29, 1.82) is 0 Å². The Morgan fingerprint density at radius 2 is 2.10 bits per heavy atom. The van der Waals surface area contributed by atoms with Gasteiger partial charge in [-0.2, -0.15) is 0 Å². The van der Waals surface area contributed by atoms with Crippen LogP contribution in [0.5, 0.6) is 0 Å². The summed E-state index contributed by atoms with van der Waals surface area (Å²) in [5, 5.41) is 2.44. The Morgan fingerprint density at radius 3 is 2.93 bits per heavy atom. The minimum atomic E-state index is -2.98. The van der Waals surface area contributed by atoms with Crippen molar-refractivity contribution >= 4 is 28.5 Å². The van der Waals surface area contributed by atoms with Crippen LogP contribution in [0.3, 0.4) is 0 Å². The number of alkyl halides is 2. The topological polar surface area (TPSA) is 65.2 Å². The molecule has 1 aromatic carbocycles. The van der Waals surface area contributed by atoms with E-state index in [1.54, 1.807) is 17.3 Å². The van der Waals surface area contributed by atoms with Crippen molar-refractivity contribution in [3.63, 3.8) is 0 Å². The summed E-state index contributed by atoms with van der Waals surface area (Å²) in [6.45, 7) is 1.80. The number of aromatic nitrogens is 1. The largest absolute Gasteiger partial charge is 0.350 e. The SMILES string of the molecule is CC1=NC2=NCNN2C(C2CN(C(=O)c3cn(C)c4ccccc34)CC(F)(F)C2)=C1. The first-order chi connectivity index (χ1) is 14.3. The van der Waals surface area contributed by atoms with E-state index in [4.69, 9.17) is 0 Å². The molecule has 1 amide bonds. The van der Waals surface area contributed by atoms with Crippen molar-refractivity contribution in [3.05, 3.63) is 47.8 Å². The summed E-state index contributed by atoms with van der Waals surface area (Å²) < 4.78 is 31.4. The number of carbonyl (C=O) groups excluding carboxylic acids is 1. The van der Waals surface area contributed by atoms with E-state index in [1.165, 1.54) is 4.90 Å². The van der Waals surface area contributed by atoms with Gasteiger partial charge in [-0.1, -0.05) is 18.2 Å². The lowest BCUT2D eigenvalue weighted by Gasteiger charge is -2.40. The van der Waals surface area contributed by atoms with Gasteiger partial charge in [0.2, 0.25) is 5.96 Å². The second-order valence-corrected chi connectivity index (χ2v) is 8.05. The van der Waals surface area contributed by atoms with Crippen molar-refractivity contribution in [2.45, 2.75) is 19.3 Å². The molecule has 5 rings (SSSR count). The number of carbonyl (C=O) groups is 1. The van der Waals surface area contributed by atoms with Crippen molar-refractivity contribution in [2.75, 3.05) is 19.8 Å². The molecule has 7 nitrogen and oxygen atoms in total. The number of hydrogen-bond acceptors (Lipinski definition) is 5. The standard InChI is InChI=1S/C21H22F2N6O/c1-13-7-18(29-20(26-13)24-12-25-29)14-8-21(22,23)11-28(9-14)19(30)16-10-27(2)17-6-4-3-5-15(16)17/h3-7,10,14,25H,8-9,11-12H2,1-2H3. The van der Waals surface area contributed by atoms with E-state index < -0.39 is 18.4 Å². The van der Waals surface area contributed by atoms with E-state index in [1.807, 2.05) is 42.8 Å². The quantitative estimate of drug-likeness (QED) is 0.825. The lowest BCUT2D eigenvalue weighted by Crippen LogP contribution is -2.52. The van der Waals surface area contributed by atoms with E-state index in [2.05, 4.69) is 15.4 Å². The fourth-order valence-electron chi connectivity index (χ4n) is 4.51. The maximum Gasteiger partial charge on any atom is 0.266 e. The first-order valence-corrected chi connectivity index (χ1v) is 9.88. The number of aliphatic imine (C=N–C) groups is 2. The third-order valence-electron chi connectivity index (χ3n) is 5.78. The predicted octanol–water partition coefficient (Wildman–Crippen LogP) is 2.77. The van der Waals surface area contributed by atoms with E-state index >= 15 is 0 Å². The molecule has 1 N–H and O–H groups in total. The Hall–Kier alpha value is -3.07. The monoisotopic (exact) mass is 412 g/mol. The van der Waals surface area contributed by atoms with Crippen LogP contribution in [-0.4, -0.2) is 57.7 Å². The molecule has 0 radical (unpaired) electrons. The number of halogens is 2. The summed E-state index contributed by atoms with van der Waals surface area (Å²) in [5.41, 5.74) is 5.79. The summed E-state index contributed by atoms with van der Waals surface area (Å²) in [4.78, 5) is 23.2. The van der Waals surface area contributed by atoms with Crippen LogP contribution in [0, 0.1) is 5.92 Å². The average molecular weight is 412 g/mol.